The largest absolute Gasteiger partial charge is 0.461 e. The van der Waals surface area contributed by atoms with Crippen LogP contribution in [0.4, 0.5) is 0 Å². The number of hydrogen-bond acceptors (Lipinski definition) is 4. The number of ether oxygens (including phenoxy) is 2. The zero-order valence-corrected chi connectivity index (χ0v) is 9.43. The second kappa shape index (κ2) is 7.22. The highest BCUT2D eigenvalue weighted by Crippen LogP contribution is 2.03. The molecule has 0 aliphatic carbocycles. The van der Waals surface area contributed by atoms with E-state index < -0.39 is 11.9 Å². The maximum atomic E-state index is 11.3. The summed E-state index contributed by atoms with van der Waals surface area (Å²) < 4.78 is 9.46. The molecule has 0 atom stereocenters. The van der Waals surface area contributed by atoms with E-state index >= 15 is 0 Å². The van der Waals surface area contributed by atoms with Gasteiger partial charge in [0.25, 0.3) is 0 Å². The smallest absolute Gasteiger partial charge is 0.311 e. The summed E-state index contributed by atoms with van der Waals surface area (Å²) in [5, 5.41) is 0. The van der Waals surface area contributed by atoms with Crippen LogP contribution in [0, 0.1) is 0 Å². The molecular weight excluding hydrogens is 220 g/mol. The van der Waals surface area contributed by atoms with Gasteiger partial charge >= 0.3 is 11.9 Å². The molecule has 0 amide bonds. The Morgan fingerprint density at radius 1 is 1.12 bits per heavy atom. The molecule has 17 heavy (non-hydrogen) atoms. The van der Waals surface area contributed by atoms with Crippen LogP contribution in [0.5, 0.6) is 0 Å². The second-order valence-electron chi connectivity index (χ2n) is 3.30. The van der Waals surface area contributed by atoms with Crippen molar-refractivity contribution >= 4 is 11.9 Å². The predicted octanol–water partition coefficient (Wildman–Crippen LogP) is 2.20. The summed E-state index contributed by atoms with van der Waals surface area (Å²) in [5.41, 5.74) is 0.912. The summed E-state index contributed by atoms with van der Waals surface area (Å²) in [6, 6.07) is 9.34. The van der Waals surface area contributed by atoms with Gasteiger partial charge in [0.15, 0.2) is 0 Å². The average molecular weight is 234 g/mol. The average Bonchev–Trinajstić information content (AvgIpc) is 2.35. The van der Waals surface area contributed by atoms with E-state index in [1.165, 1.54) is 0 Å². The van der Waals surface area contributed by atoms with Gasteiger partial charge in [-0.05, 0) is 5.56 Å². The molecule has 0 heterocycles. The van der Waals surface area contributed by atoms with Crippen LogP contribution in [0.1, 0.15) is 18.4 Å². The molecule has 90 valence electrons. The number of benzene rings is 1. The quantitative estimate of drug-likeness (QED) is 0.559. The van der Waals surface area contributed by atoms with Crippen molar-refractivity contribution in [2.24, 2.45) is 0 Å². The first-order chi connectivity index (χ1) is 8.22. The fraction of sp³-hybridized carbons (Fsp3) is 0.231. The summed E-state index contributed by atoms with van der Waals surface area (Å²) >= 11 is 0. The van der Waals surface area contributed by atoms with Gasteiger partial charge in [-0.15, -0.1) is 0 Å². The van der Waals surface area contributed by atoms with Gasteiger partial charge in [0.05, 0.1) is 19.1 Å². The number of carbonyl (C=O) groups is 2. The van der Waals surface area contributed by atoms with E-state index in [0.717, 1.165) is 11.8 Å². The van der Waals surface area contributed by atoms with Crippen molar-refractivity contribution in [3.8, 4) is 0 Å². The van der Waals surface area contributed by atoms with Crippen molar-refractivity contribution in [2.45, 2.75) is 19.4 Å². The molecule has 0 aliphatic rings. The maximum absolute atomic E-state index is 11.3. The molecule has 1 aromatic carbocycles. The van der Waals surface area contributed by atoms with Crippen LogP contribution in [0.15, 0.2) is 43.2 Å². The monoisotopic (exact) mass is 234 g/mol. The second-order valence-corrected chi connectivity index (χ2v) is 3.30. The van der Waals surface area contributed by atoms with E-state index in [1.54, 1.807) is 0 Å². The topological polar surface area (TPSA) is 52.6 Å². The molecule has 0 radical (unpaired) electrons. The highest BCUT2D eigenvalue weighted by molar-refractivity contribution is 5.77. The van der Waals surface area contributed by atoms with E-state index in [4.69, 9.17) is 4.74 Å². The van der Waals surface area contributed by atoms with Crippen LogP contribution in [0.25, 0.3) is 0 Å². The molecule has 0 saturated carbocycles. The van der Waals surface area contributed by atoms with Crippen molar-refractivity contribution < 1.29 is 19.1 Å². The minimum atomic E-state index is -0.489. The van der Waals surface area contributed by atoms with Crippen LogP contribution in [0.2, 0.25) is 0 Å². The first kappa shape index (κ1) is 13.0. The van der Waals surface area contributed by atoms with E-state index in [0.29, 0.717) is 0 Å². The van der Waals surface area contributed by atoms with E-state index in [-0.39, 0.29) is 19.4 Å². The van der Waals surface area contributed by atoms with Crippen LogP contribution in [0.3, 0.4) is 0 Å². The molecule has 1 aromatic rings. The van der Waals surface area contributed by atoms with Crippen molar-refractivity contribution in [1.29, 1.82) is 0 Å². The van der Waals surface area contributed by atoms with Gasteiger partial charge in [-0.1, -0.05) is 36.9 Å². The predicted molar refractivity (Wildman–Crippen MR) is 61.8 cm³/mol. The van der Waals surface area contributed by atoms with Crippen molar-refractivity contribution in [3.05, 3.63) is 48.7 Å². The van der Waals surface area contributed by atoms with Gasteiger partial charge in [-0.2, -0.15) is 0 Å². The third kappa shape index (κ3) is 5.51. The molecule has 0 saturated heterocycles. The molecule has 0 fully saturated rings. The number of rotatable bonds is 6. The summed E-state index contributed by atoms with van der Waals surface area (Å²) in [6.45, 7) is 3.46. The molecule has 0 spiro atoms. The third-order valence-electron chi connectivity index (χ3n) is 1.99. The normalized spacial score (nSPS) is 9.41. The molecule has 0 N–H and O–H groups in total. The lowest BCUT2D eigenvalue weighted by atomic mass is 10.2. The Labute approximate surface area is 99.8 Å². The number of carbonyl (C=O) groups excluding carboxylic acids is 2. The third-order valence-corrected chi connectivity index (χ3v) is 1.99. The van der Waals surface area contributed by atoms with Crippen LogP contribution in [-0.4, -0.2) is 11.9 Å². The Kier molecular flexibility index (Phi) is 5.51. The Balaban J connectivity index is 2.22. The summed E-state index contributed by atoms with van der Waals surface area (Å²) in [4.78, 5) is 22.2. The molecular formula is C13H14O4. The SMILES string of the molecule is C=COC(=O)CCC(=O)OCc1ccccc1. The molecule has 0 unspecified atom stereocenters. The zero-order valence-electron chi connectivity index (χ0n) is 9.43. The Morgan fingerprint density at radius 3 is 2.41 bits per heavy atom. The van der Waals surface area contributed by atoms with Gasteiger partial charge in [0, 0.05) is 0 Å². The fourth-order valence-electron chi connectivity index (χ4n) is 1.17. The summed E-state index contributed by atoms with van der Waals surface area (Å²) in [7, 11) is 0. The van der Waals surface area contributed by atoms with Gasteiger partial charge in [0.1, 0.15) is 6.61 Å². The first-order valence-electron chi connectivity index (χ1n) is 5.22. The van der Waals surface area contributed by atoms with Crippen molar-refractivity contribution in [1.82, 2.24) is 0 Å². The number of hydrogen-bond donors (Lipinski definition) is 0. The highest BCUT2D eigenvalue weighted by Gasteiger charge is 2.08. The van der Waals surface area contributed by atoms with Crippen molar-refractivity contribution in [2.75, 3.05) is 0 Å². The maximum Gasteiger partial charge on any atom is 0.311 e. The van der Waals surface area contributed by atoms with Crippen molar-refractivity contribution in [3.63, 3.8) is 0 Å². The minimum absolute atomic E-state index is 0.000354. The lowest BCUT2D eigenvalue weighted by Gasteiger charge is -2.04. The van der Waals surface area contributed by atoms with Gasteiger partial charge < -0.3 is 9.47 Å². The van der Waals surface area contributed by atoms with Gasteiger partial charge in [-0.3, -0.25) is 9.59 Å². The summed E-state index contributed by atoms with van der Waals surface area (Å²) in [5.74, 6) is -0.911. The molecule has 0 aliphatic heterocycles. The lowest BCUT2D eigenvalue weighted by molar-refractivity contribution is -0.148. The van der Waals surface area contributed by atoms with E-state index in [1.807, 2.05) is 30.3 Å². The zero-order chi connectivity index (χ0) is 12.5. The summed E-state index contributed by atoms with van der Waals surface area (Å²) in [6.07, 6.45) is 1.05. The first-order valence-corrected chi connectivity index (χ1v) is 5.22. The Morgan fingerprint density at radius 2 is 1.76 bits per heavy atom. The van der Waals surface area contributed by atoms with Crippen LogP contribution >= 0.6 is 0 Å². The Hall–Kier alpha value is -2.10. The molecule has 0 bridgehead atoms. The molecule has 4 nitrogen and oxygen atoms in total. The number of esters is 2. The van der Waals surface area contributed by atoms with Crippen LogP contribution in [-0.2, 0) is 25.7 Å². The molecule has 0 aromatic heterocycles. The van der Waals surface area contributed by atoms with E-state index in [9.17, 15) is 9.59 Å². The molecule has 4 heteroatoms. The van der Waals surface area contributed by atoms with Crippen LogP contribution < -0.4 is 0 Å². The Bertz CT molecular complexity index is 384. The van der Waals surface area contributed by atoms with Gasteiger partial charge in [0.2, 0.25) is 0 Å². The standard InChI is InChI=1S/C13H14O4/c1-2-16-12(14)8-9-13(15)17-10-11-6-4-3-5-7-11/h2-7H,1,8-10H2. The minimum Gasteiger partial charge on any atom is -0.461 e. The van der Waals surface area contributed by atoms with E-state index in [2.05, 4.69) is 11.3 Å². The molecule has 1 rings (SSSR count). The highest BCUT2D eigenvalue weighted by atomic mass is 16.5. The lowest BCUT2D eigenvalue weighted by Crippen LogP contribution is -2.08. The fourth-order valence-corrected chi connectivity index (χ4v) is 1.17. The van der Waals surface area contributed by atoms with Gasteiger partial charge in [-0.25, -0.2) is 0 Å².